The van der Waals surface area contributed by atoms with Crippen LogP contribution in [0, 0.1) is 20.8 Å². The zero-order valence-electron chi connectivity index (χ0n) is 21.1. The van der Waals surface area contributed by atoms with Crippen LogP contribution in [0.15, 0.2) is 102 Å². The van der Waals surface area contributed by atoms with E-state index >= 15 is 0 Å². The lowest BCUT2D eigenvalue weighted by atomic mass is 10.1. The molecule has 6 heteroatoms. The van der Waals surface area contributed by atoms with Gasteiger partial charge in [0.15, 0.2) is 11.0 Å². The van der Waals surface area contributed by atoms with Gasteiger partial charge in [-0.2, -0.15) is 0 Å². The van der Waals surface area contributed by atoms with Gasteiger partial charge in [0, 0.05) is 23.1 Å². The molecule has 0 saturated heterocycles. The number of aryl methyl sites for hydroxylation is 3. The average molecular weight is 502 g/mol. The molecule has 0 unspecified atom stereocenters. The highest BCUT2D eigenvalue weighted by Crippen LogP contribution is 2.33. The summed E-state index contributed by atoms with van der Waals surface area (Å²) in [5, 5.41) is 10.2. The van der Waals surface area contributed by atoms with Gasteiger partial charge in [-0.1, -0.05) is 84.6 Å². The molecule has 5 nitrogen and oxygen atoms in total. The summed E-state index contributed by atoms with van der Waals surface area (Å²) in [5.41, 5.74) is 10.00. The first-order chi connectivity index (χ1) is 18.1. The maximum Gasteiger partial charge on any atom is 0.196 e. The van der Waals surface area contributed by atoms with Crippen molar-refractivity contribution in [3.8, 4) is 28.3 Å². The van der Waals surface area contributed by atoms with E-state index in [2.05, 4.69) is 113 Å². The minimum Gasteiger partial charge on any atom is -0.302 e. The Bertz CT molecular complexity index is 1700. The molecule has 0 atom stereocenters. The van der Waals surface area contributed by atoms with Crippen LogP contribution in [0.25, 0.3) is 34.0 Å². The van der Waals surface area contributed by atoms with Crippen molar-refractivity contribution in [1.29, 1.82) is 0 Å². The summed E-state index contributed by atoms with van der Waals surface area (Å²) in [6, 6.07) is 31.4. The highest BCUT2D eigenvalue weighted by Gasteiger charge is 2.20. The Morgan fingerprint density at radius 2 is 1.46 bits per heavy atom. The Labute approximate surface area is 220 Å². The van der Waals surface area contributed by atoms with Crippen LogP contribution in [0.3, 0.4) is 0 Å². The van der Waals surface area contributed by atoms with Gasteiger partial charge in [-0.25, -0.2) is 4.98 Å². The number of imidazole rings is 1. The monoisotopic (exact) mass is 501 g/mol. The predicted octanol–water partition coefficient (Wildman–Crippen LogP) is 7.47. The molecule has 0 fully saturated rings. The van der Waals surface area contributed by atoms with Crippen molar-refractivity contribution in [2.45, 2.75) is 31.7 Å². The van der Waals surface area contributed by atoms with Crippen molar-refractivity contribution in [1.82, 2.24) is 24.1 Å². The third kappa shape index (κ3) is 4.45. The molecule has 0 amide bonds. The van der Waals surface area contributed by atoms with Crippen LogP contribution < -0.4 is 0 Å². The number of hydrogen-bond acceptors (Lipinski definition) is 4. The fraction of sp³-hybridized carbons (Fsp3) is 0.129. The number of benzene rings is 3. The van der Waals surface area contributed by atoms with E-state index in [1.807, 2.05) is 24.3 Å². The lowest BCUT2D eigenvalue weighted by Gasteiger charge is -2.13. The molecule has 6 aromatic rings. The molecule has 0 aliphatic rings. The summed E-state index contributed by atoms with van der Waals surface area (Å²) in [6.07, 6.45) is 2.16. The Morgan fingerprint density at radius 3 is 2.19 bits per heavy atom. The van der Waals surface area contributed by atoms with Gasteiger partial charge in [0.1, 0.15) is 5.65 Å². The smallest absolute Gasteiger partial charge is 0.196 e. The second kappa shape index (κ2) is 9.71. The lowest BCUT2D eigenvalue weighted by Crippen LogP contribution is -2.01. The van der Waals surface area contributed by atoms with Crippen molar-refractivity contribution < 1.29 is 0 Å². The van der Waals surface area contributed by atoms with Crippen LogP contribution in [-0.2, 0) is 5.75 Å². The molecule has 0 aliphatic heterocycles. The average Bonchev–Trinajstić information content (AvgIpc) is 3.51. The molecular formula is C31H27N5S. The van der Waals surface area contributed by atoms with Crippen molar-refractivity contribution in [2.75, 3.05) is 0 Å². The molecule has 37 heavy (non-hydrogen) atoms. The molecule has 0 saturated carbocycles. The van der Waals surface area contributed by atoms with Crippen LogP contribution in [0.5, 0.6) is 0 Å². The third-order valence-corrected chi connectivity index (χ3v) is 7.60. The number of fused-ring (bicyclic) bond motifs is 1. The largest absolute Gasteiger partial charge is 0.302 e. The molecule has 0 radical (unpaired) electrons. The van der Waals surface area contributed by atoms with E-state index in [-0.39, 0.29) is 0 Å². The summed E-state index contributed by atoms with van der Waals surface area (Å²) < 4.78 is 4.38. The van der Waals surface area contributed by atoms with Gasteiger partial charge in [0.2, 0.25) is 0 Å². The molecule has 6 rings (SSSR count). The van der Waals surface area contributed by atoms with E-state index < -0.39 is 0 Å². The number of aromatic nitrogens is 5. The summed E-state index contributed by atoms with van der Waals surface area (Å²) in [6.45, 7) is 6.39. The van der Waals surface area contributed by atoms with Crippen molar-refractivity contribution >= 4 is 17.4 Å². The molecule has 0 spiro atoms. The van der Waals surface area contributed by atoms with Gasteiger partial charge in [0.25, 0.3) is 0 Å². The van der Waals surface area contributed by atoms with Crippen LogP contribution in [0.2, 0.25) is 0 Å². The SMILES string of the molecule is Cc1ccc2nc(-c3ccccc3)c(CSc3nnc(-c4ccccc4)n3-c3ccc(C)c(C)c3)n2c1. The zero-order chi connectivity index (χ0) is 25.4. The topological polar surface area (TPSA) is 48.0 Å². The molecule has 3 heterocycles. The molecule has 0 aliphatic carbocycles. The summed E-state index contributed by atoms with van der Waals surface area (Å²) >= 11 is 1.68. The molecule has 3 aromatic heterocycles. The number of rotatable bonds is 6. The normalized spacial score (nSPS) is 11.3. The summed E-state index contributed by atoms with van der Waals surface area (Å²) in [4.78, 5) is 5.00. The molecular weight excluding hydrogens is 474 g/mol. The highest BCUT2D eigenvalue weighted by molar-refractivity contribution is 7.98. The highest BCUT2D eigenvalue weighted by atomic mass is 32.2. The maximum absolute atomic E-state index is 5.00. The van der Waals surface area contributed by atoms with Crippen molar-refractivity contribution in [2.24, 2.45) is 0 Å². The molecule has 3 aromatic carbocycles. The van der Waals surface area contributed by atoms with E-state index in [1.165, 1.54) is 16.7 Å². The van der Waals surface area contributed by atoms with E-state index in [1.54, 1.807) is 11.8 Å². The van der Waals surface area contributed by atoms with E-state index in [4.69, 9.17) is 4.98 Å². The van der Waals surface area contributed by atoms with Gasteiger partial charge in [-0.15, -0.1) is 10.2 Å². The van der Waals surface area contributed by atoms with Crippen LogP contribution in [0.1, 0.15) is 22.4 Å². The van der Waals surface area contributed by atoms with Crippen LogP contribution >= 0.6 is 11.8 Å². The standard InChI is InChI=1S/C31H27N5S/c1-21-14-17-28-32-29(24-10-6-4-7-11-24)27(35(28)19-21)20-37-31-34-33-30(25-12-8-5-9-13-25)36(31)26-16-15-22(2)23(3)18-26/h4-19H,20H2,1-3H3. The summed E-state index contributed by atoms with van der Waals surface area (Å²) in [5.74, 6) is 1.54. The maximum atomic E-state index is 5.00. The minimum absolute atomic E-state index is 0.701. The fourth-order valence-electron chi connectivity index (χ4n) is 4.53. The number of pyridine rings is 1. The minimum atomic E-state index is 0.701. The van der Waals surface area contributed by atoms with Crippen LogP contribution in [-0.4, -0.2) is 24.1 Å². The quantitative estimate of drug-likeness (QED) is 0.222. The Kier molecular flexibility index (Phi) is 6.10. The van der Waals surface area contributed by atoms with Crippen molar-refractivity contribution in [3.05, 3.63) is 120 Å². The Hall–Kier alpha value is -4.16. The molecule has 0 N–H and O–H groups in total. The number of thioether (sulfide) groups is 1. The predicted molar refractivity (Wildman–Crippen MR) is 151 cm³/mol. The molecule has 0 bridgehead atoms. The zero-order valence-corrected chi connectivity index (χ0v) is 21.9. The first-order valence-electron chi connectivity index (χ1n) is 12.3. The van der Waals surface area contributed by atoms with E-state index in [0.29, 0.717) is 5.75 Å². The first-order valence-corrected chi connectivity index (χ1v) is 13.3. The van der Waals surface area contributed by atoms with E-state index in [0.717, 1.165) is 44.8 Å². The Balaban J connectivity index is 1.45. The Morgan fingerprint density at radius 1 is 0.730 bits per heavy atom. The lowest BCUT2D eigenvalue weighted by molar-refractivity contribution is 0.883. The number of nitrogens with zero attached hydrogens (tertiary/aromatic N) is 5. The summed E-state index contributed by atoms with van der Waals surface area (Å²) in [7, 11) is 0. The third-order valence-electron chi connectivity index (χ3n) is 6.66. The number of hydrogen-bond donors (Lipinski definition) is 0. The first kappa shape index (κ1) is 23.3. The van der Waals surface area contributed by atoms with Gasteiger partial charge in [-0.3, -0.25) is 4.57 Å². The van der Waals surface area contributed by atoms with Gasteiger partial charge >= 0.3 is 0 Å². The van der Waals surface area contributed by atoms with Crippen molar-refractivity contribution in [3.63, 3.8) is 0 Å². The van der Waals surface area contributed by atoms with Gasteiger partial charge in [0.05, 0.1) is 17.1 Å². The second-order valence-corrected chi connectivity index (χ2v) is 10.2. The molecule has 182 valence electrons. The second-order valence-electron chi connectivity index (χ2n) is 9.27. The van der Waals surface area contributed by atoms with Crippen LogP contribution in [0.4, 0.5) is 0 Å². The van der Waals surface area contributed by atoms with Gasteiger partial charge < -0.3 is 4.40 Å². The fourth-order valence-corrected chi connectivity index (χ4v) is 5.49. The van der Waals surface area contributed by atoms with Gasteiger partial charge in [-0.05, 0) is 55.7 Å². The van der Waals surface area contributed by atoms with E-state index in [9.17, 15) is 0 Å².